The zero-order valence-corrected chi connectivity index (χ0v) is 18.6. The molecule has 1 aliphatic rings. The second-order valence-corrected chi connectivity index (χ2v) is 9.07. The smallest absolute Gasteiger partial charge is 0.236 e. The van der Waals surface area contributed by atoms with E-state index in [9.17, 15) is 9.59 Å². The molecule has 2 aromatic carbocycles. The van der Waals surface area contributed by atoms with E-state index in [1.807, 2.05) is 54.6 Å². The Morgan fingerprint density at radius 2 is 1.97 bits per heavy atom. The number of thioether (sulfide) groups is 1. The minimum Gasteiger partial charge on any atom is -0.497 e. The summed E-state index contributed by atoms with van der Waals surface area (Å²) in [5.41, 5.74) is 2.02. The number of benzene rings is 2. The third-order valence-corrected chi connectivity index (χ3v) is 6.90. The van der Waals surface area contributed by atoms with E-state index in [0.717, 1.165) is 22.2 Å². The highest BCUT2D eigenvalue weighted by Gasteiger charge is 2.34. The van der Waals surface area contributed by atoms with Crippen LogP contribution in [0, 0.1) is 0 Å². The summed E-state index contributed by atoms with van der Waals surface area (Å²) >= 11 is 2.88. The normalized spacial score (nSPS) is 15.8. The maximum atomic E-state index is 12.5. The number of anilines is 2. The van der Waals surface area contributed by atoms with Gasteiger partial charge >= 0.3 is 0 Å². The number of ether oxygens (including phenoxy) is 1. The van der Waals surface area contributed by atoms with Gasteiger partial charge in [-0.2, -0.15) is 0 Å². The number of nitrogens with one attached hydrogen (secondary N) is 1. The summed E-state index contributed by atoms with van der Waals surface area (Å²) in [6, 6.07) is 17.5. The molecule has 1 N–H and O–H groups in total. The third kappa shape index (κ3) is 5.42. The van der Waals surface area contributed by atoms with E-state index in [1.165, 1.54) is 16.9 Å². The van der Waals surface area contributed by atoms with Crippen molar-refractivity contribution in [2.75, 3.05) is 29.6 Å². The fraction of sp³-hybridized carbons (Fsp3) is 0.273. The van der Waals surface area contributed by atoms with Gasteiger partial charge in [-0.15, -0.1) is 22.0 Å². The van der Waals surface area contributed by atoms with Crippen LogP contribution in [0.5, 0.6) is 5.75 Å². The summed E-state index contributed by atoms with van der Waals surface area (Å²) in [7, 11) is 1.61. The van der Waals surface area contributed by atoms with Gasteiger partial charge in [0.15, 0.2) is 0 Å². The molecular formula is C22H22N4O3S2. The lowest BCUT2D eigenvalue weighted by molar-refractivity contribution is -0.117. The molecule has 31 heavy (non-hydrogen) atoms. The molecule has 1 fully saturated rings. The van der Waals surface area contributed by atoms with Crippen LogP contribution in [0.25, 0.3) is 0 Å². The highest BCUT2D eigenvalue weighted by Crippen LogP contribution is 2.34. The molecule has 4 rings (SSSR count). The fourth-order valence-electron chi connectivity index (χ4n) is 3.33. The number of carbonyl (C=O) groups excluding carboxylic acids is 2. The summed E-state index contributed by atoms with van der Waals surface area (Å²) in [5, 5.41) is 12.4. The van der Waals surface area contributed by atoms with Crippen molar-refractivity contribution >= 4 is 45.7 Å². The van der Waals surface area contributed by atoms with Crippen molar-refractivity contribution in [3.05, 3.63) is 65.2 Å². The summed E-state index contributed by atoms with van der Waals surface area (Å²) in [6.07, 6.45) is 0.377. The second kappa shape index (κ2) is 9.93. The average Bonchev–Trinajstić information content (AvgIpc) is 3.41. The van der Waals surface area contributed by atoms with Crippen LogP contribution in [0.4, 0.5) is 10.8 Å². The zero-order valence-electron chi connectivity index (χ0n) is 17.0. The first-order chi connectivity index (χ1) is 15.1. The Balaban J connectivity index is 1.30. The summed E-state index contributed by atoms with van der Waals surface area (Å²) in [6.45, 7) is 0.542. The molecule has 1 aromatic heterocycles. The Morgan fingerprint density at radius 1 is 1.19 bits per heavy atom. The molecule has 2 heterocycles. The third-order valence-electron chi connectivity index (χ3n) is 4.89. The van der Waals surface area contributed by atoms with Crippen LogP contribution in [0.15, 0.2) is 54.6 Å². The number of aromatic nitrogens is 2. The van der Waals surface area contributed by atoms with E-state index in [2.05, 4.69) is 15.5 Å². The number of rotatable bonds is 8. The lowest BCUT2D eigenvalue weighted by atomic mass is 10.1. The van der Waals surface area contributed by atoms with Crippen LogP contribution < -0.4 is 15.0 Å². The van der Waals surface area contributed by atoms with Gasteiger partial charge < -0.3 is 9.64 Å². The van der Waals surface area contributed by atoms with Crippen molar-refractivity contribution in [3.8, 4) is 5.75 Å². The van der Waals surface area contributed by atoms with Crippen molar-refractivity contribution in [2.45, 2.75) is 18.1 Å². The fourth-order valence-corrected chi connectivity index (χ4v) is 4.96. The molecule has 1 aliphatic heterocycles. The topological polar surface area (TPSA) is 84.4 Å². The van der Waals surface area contributed by atoms with Crippen LogP contribution >= 0.6 is 23.1 Å². The number of hydrogen-bond donors (Lipinski definition) is 1. The highest BCUT2D eigenvalue weighted by atomic mass is 32.2. The Hall–Kier alpha value is -2.91. The van der Waals surface area contributed by atoms with E-state index in [-0.39, 0.29) is 17.7 Å². The van der Waals surface area contributed by atoms with Crippen LogP contribution in [0.3, 0.4) is 0 Å². The van der Waals surface area contributed by atoms with Crippen LogP contribution in [0.1, 0.15) is 22.9 Å². The average molecular weight is 455 g/mol. The quantitative estimate of drug-likeness (QED) is 0.555. The van der Waals surface area contributed by atoms with Gasteiger partial charge in [-0.1, -0.05) is 41.7 Å². The van der Waals surface area contributed by atoms with E-state index in [0.29, 0.717) is 23.8 Å². The van der Waals surface area contributed by atoms with Gasteiger partial charge in [0.1, 0.15) is 10.8 Å². The maximum Gasteiger partial charge on any atom is 0.236 e. The van der Waals surface area contributed by atoms with Crippen molar-refractivity contribution < 1.29 is 14.3 Å². The Kier molecular flexibility index (Phi) is 6.83. The number of methoxy groups -OCH3 is 1. The molecule has 0 bridgehead atoms. The van der Waals surface area contributed by atoms with Crippen LogP contribution in [-0.2, 0) is 15.3 Å². The molecule has 160 valence electrons. The van der Waals surface area contributed by atoms with Gasteiger partial charge in [0.05, 0.1) is 12.9 Å². The molecule has 2 amide bonds. The van der Waals surface area contributed by atoms with Crippen molar-refractivity contribution in [2.24, 2.45) is 0 Å². The monoisotopic (exact) mass is 454 g/mol. The Morgan fingerprint density at radius 3 is 2.71 bits per heavy atom. The molecule has 7 nitrogen and oxygen atoms in total. The number of nitrogens with zero attached hydrogens (tertiary/aromatic N) is 3. The van der Waals surface area contributed by atoms with Crippen molar-refractivity contribution in [1.29, 1.82) is 0 Å². The van der Waals surface area contributed by atoms with Gasteiger partial charge in [0.2, 0.25) is 16.9 Å². The molecule has 9 heteroatoms. The maximum absolute atomic E-state index is 12.5. The summed E-state index contributed by atoms with van der Waals surface area (Å²) < 4.78 is 5.17. The molecule has 0 saturated carbocycles. The molecule has 0 unspecified atom stereocenters. The zero-order chi connectivity index (χ0) is 21.6. The second-order valence-electron chi connectivity index (χ2n) is 7.08. The standard InChI is InChI=1S/C22H22N4O3S2/c1-29-18-9-7-17(8-10-18)26-12-16(11-20(26)28)21-24-25-22(31-21)23-19(27)14-30-13-15-5-3-2-4-6-15/h2-10,16H,11-14H2,1H3,(H,23,25,27)/t16-/m1/s1. The first kappa shape index (κ1) is 21.3. The molecule has 3 aromatic rings. The molecule has 1 atom stereocenters. The molecule has 0 spiro atoms. The van der Waals surface area contributed by atoms with Gasteiger partial charge in [-0.05, 0) is 29.8 Å². The lowest BCUT2D eigenvalue weighted by Gasteiger charge is -2.16. The van der Waals surface area contributed by atoms with Gasteiger partial charge in [0.25, 0.3) is 0 Å². The molecular weight excluding hydrogens is 432 g/mol. The molecule has 0 radical (unpaired) electrons. The van der Waals surface area contributed by atoms with Gasteiger partial charge in [-0.25, -0.2) is 0 Å². The van der Waals surface area contributed by atoms with E-state index < -0.39 is 0 Å². The predicted octanol–water partition coefficient (Wildman–Crippen LogP) is 3.94. The predicted molar refractivity (Wildman–Crippen MR) is 124 cm³/mol. The minimum absolute atomic E-state index is 0.0368. The van der Waals surface area contributed by atoms with Crippen LogP contribution in [-0.4, -0.2) is 41.4 Å². The van der Waals surface area contributed by atoms with E-state index >= 15 is 0 Å². The van der Waals surface area contributed by atoms with E-state index in [4.69, 9.17) is 4.74 Å². The number of amides is 2. The largest absolute Gasteiger partial charge is 0.497 e. The lowest BCUT2D eigenvalue weighted by Crippen LogP contribution is -2.24. The number of hydrogen-bond acceptors (Lipinski definition) is 7. The van der Waals surface area contributed by atoms with Gasteiger partial charge in [0, 0.05) is 30.3 Å². The summed E-state index contributed by atoms with van der Waals surface area (Å²) in [4.78, 5) is 26.5. The molecule has 1 saturated heterocycles. The minimum atomic E-state index is -0.106. The number of carbonyl (C=O) groups is 2. The van der Waals surface area contributed by atoms with Crippen LogP contribution in [0.2, 0.25) is 0 Å². The first-order valence-corrected chi connectivity index (χ1v) is 11.8. The van der Waals surface area contributed by atoms with E-state index in [1.54, 1.807) is 23.8 Å². The highest BCUT2D eigenvalue weighted by molar-refractivity contribution is 7.99. The summed E-state index contributed by atoms with van der Waals surface area (Å²) in [5.74, 6) is 1.78. The Bertz CT molecular complexity index is 1040. The SMILES string of the molecule is COc1ccc(N2C[C@H](c3nnc(NC(=O)CSCc4ccccc4)s3)CC2=O)cc1. The van der Waals surface area contributed by atoms with Gasteiger partial charge in [-0.3, -0.25) is 14.9 Å². The molecule has 0 aliphatic carbocycles. The van der Waals surface area contributed by atoms with Crippen molar-refractivity contribution in [3.63, 3.8) is 0 Å². The van der Waals surface area contributed by atoms with Crippen molar-refractivity contribution in [1.82, 2.24) is 10.2 Å². The Labute approximate surface area is 188 Å². The first-order valence-electron chi connectivity index (χ1n) is 9.81.